The highest BCUT2D eigenvalue weighted by Crippen LogP contribution is 2.22. The highest BCUT2D eigenvalue weighted by atomic mass is 79.9. The fourth-order valence-corrected chi connectivity index (χ4v) is 3.07. The molecule has 0 saturated carbocycles. The van der Waals surface area contributed by atoms with Gasteiger partial charge in [0, 0.05) is 16.2 Å². The molecule has 0 spiro atoms. The third-order valence-electron chi connectivity index (χ3n) is 2.36. The lowest BCUT2D eigenvalue weighted by molar-refractivity contribution is 0.544. The molecule has 0 aliphatic carbocycles. The van der Waals surface area contributed by atoms with Gasteiger partial charge in [0.05, 0.1) is 4.90 Å². The summed E-state index contributed by atoms with van der Waals surface area (Å²) in [5.41, 5.74) is 6.08. The molecule has 0 aliphatic rings. The molecule has 1 unspecified atom stereocenters. The Balaban J connectivity index is 2.93. The van der Waals surface area contributed by atoms with Gasteiger partial charge < -0.3 is 5.73 Å². The number of sulfonamides is 1. The van der Waals surface area contributed by atoms with Crippen LogP contribution in [0.2, 0.25) is 0 Å². The molecule has 17 heavy (non-hydrogen) atoms. The van der Waals surface area contributed by atoms with Gasteiger partial charge in [-0.1, -0.05) is 13.3 Å². The van der Waals surface area contributed by atoms with Gasteiger partial charge in [-0.15, -0.1) is 0 Å². The standard InChI is InChI=1S/C11H17BrN2O2S/c1-3-4-8(2)14-17(15,16)9-5-6-10(12)11(13)7-9/h5-8,14H,3-4,13H2,1-2H3. The number of nitrogens with two attached hydrogens (primary N) is 1. The first-order valence-electron chi connectivity index (χ1n) is 5.44. The second kappa shape index (κ2) is 5.84. The Bertz CT molecular complexity index is 488. The molecule has 0 fully saturated rings. The lowest BCUT2D eigenvalue weighted by Crippen LogP contribution is -2.32. The number of halogens is 1. The topological polar surface area (TPSA) is 72.2 Å². The quantitative estimate of drug-likeness (QED) is 0.819. The van der Waals surface area contributed by atoms with Gasteiger partial charge in [0.15, 0.2) is 0 Å². The molecular weight excluding hydrogens is 304 g/mol. The van der Waals surface area contributed by atoms with E-state index in [2.05, 4.69) is 20.7 Å². The highest BCUT2D eigenvalue weighted by molar-refractivity contribution is 9.10. The Morgan fingerprint density at radius 2 is 2.12 bits per heavy atom. The first-order chi connectivity index (χ1) is 7.86. The molecule has 0 saturated heterocycles. The van der Waals surface area contributed by atoms with Crippen LogP contribution in [0, 0.1) is 0 Å². The zero-order valence-electron chi connectivity index (χ0n) is 9.90. The SMILES string of the molecule is CCCC(C)NS(=O)(=O)c1ccc(Br)c(N)c1. The maximum absolute atomic E-state index is 12.0. The molecule has 0 heterocycles. The summed E-state index contributed by atoms with van der Waals surface area (Å²) in [5, 5.41) is 0. The van der Waals surface area contributed by atoms with Crippen LogP contribution in [0.25, 0.3) is 0 Å². The zero-order chi connectivity index (χ0) is 13.1. The first-order valence-corrected chi connectivity index (χ1v) is 7.71. The van der Waals surface area contributed by atoms with E-state index in [4.69, 9.17) is 5.73 Å². The van der Waals surface area contributed by atoms with E-state index in [1.807, 2.05) is 13.8 Å². The van der Waals surface area contributed by atoms with Gasteiger partial charge >= 0.3 is 0 Å². The van der Waals surface area contributed by atoms with Gasteiger partial charge in [-0.05, 0) is 47.5 Å². The van der Waals surface area contributed by atoms with Crippen molar-refractivity contribution in [3.63, 3.8) is 0 Å². The second-order valence-corrected chi connectivity index (χ2v) is 6.56. The van der Waals surface area contributed by atoms with Crippen LogP contribution in [0.5, 0.6) is 0 Å². The van der Waals surface area contributed by atoms with Crippen molar-refractivity contribution in [2.75, 3.05) is 5.73 Å². The molecule has 0 aliphatic heterocycles. The van der Waals surface area contributed by atoms with E-state index in [-0.39, 0.29) is 10.9 Å². The second-order valence-electron chi connectivity index (χ2n) is 3.99. The molecule has 0 amide bonds. The number of hydrogen-bond acceptors (Lipinski definition) is 3. The van der Waals surface area contributed by atoms with Gasteiger partial charge in [-0.2, -0.15) is 0 Å². The molecule has 1 aromatic carbocycles. The molecule has 0 bridgehead atoms. The third kappa shape index (κ3) is 3.97. The van der Waals surface area contributed by atoms with E-state index in [1.165, 1.54) is 12.1 Å². The molecule has 1 atom stereocenters. The molecule has 3 N–H and O–H groups in total. The summed E-state index contributed by atoms with van der Waals surface area (Å²) < 4.78 is 27.3. The van der Waals surface area contributed by atoms with E-state index in [0.29, 0.717) is 10.2 Å². The average Bonchev–Trinajstić information content (AvgIpc) is 2.21. The van der Waals surface area contributed by atoms with Crippen LogP contribution in [-0.2, 0) is 10.0 Å². The number of hydrogen-bond donors (Lipinski definition) is 2. The van der Waals surface area contributed by atoms with Crippen LogP contribution in [0.15, 0.2) is 27.6 Å². The van der Waals surface area contributed by atoms with Crippen molar-refractivity contribution in [3.8, 4) is 0 Å². The first kappa shape index (κ1) is 14.5. The molecule has 0 aromatic heterocycles. The summed E-state index contributed by atoms with van der Waals surface area (Å²) in [6.45, 7) is 3.87. The monoisotopic (exact) mass is 320 g/mol. The maximum Gasteiger partial charge on any atom is 0.240 e. The Morgan fingerprint density at radius 3 is 2.65 bits per heavy atom. The highest BCUT2D eigenvalue weighted by Gasteiger charge is 2.17. The van der Waals surface area contributed by atoms with Gasteiger partial charge in [0.1, 0.15) is 0 Å². The van der Waals surface area contributed by atoms with E-state index < -0.39 is 10.0 Å². The number of benzene rings is 1. The van der Waals surface area contributed by atoms with Crippen LogP contribution in [0.4, 0.5) is 5.69 Å². The molecule has 1 aromatic rings. The smallest absolute Gasteiger partial charge is 0.240 e. The third-order valence-corrected chi connectivity index (χ3v) is 4.67. The van der Waals surface area contributed by atoms with E-state index in [0.717, 1.165) is 12.8 Å². The summed E-state index contributed by atoms with van der Waals surface area (Å²) in [7, 11) is -3.47. The number of nitrogen functional groups attached to an aromatic ring is 1. The van der Waals surface area contributed by atoms with Crippen molar-refractivity contribution in [2.45, 2.75) is 37.6 Å². The molecule has 0 radical (unpaired) electrons. The molecule has 1 rings (SSSR count). The minimum absolute atomic E-state index is 0.0742. The molecule has 4 nitrogen and oxygen atoms in total. The number of anilines is 1. The van der Waals surface area contributed by atoms with E-state index in [1.54, 1.807) is 6.07 Å². The number of rotatable bonds is 5. The average molecular weight is 321 g/mol. The Kier molecular flexibility index (Phi) is 4.97. The van der Waals surface area contributed by atoms with Crippen LogP contribution in [-0.4, -0.2) is 14.5 Å². The maximum atomic E-state index is 12.0. The van der Waals surface area contributed by atoms with Crippen LogP contribution in [0.1, 0.15) is 26.7 Å². The summed E-state index contributed by atoms with van der Waals surface area (Å²) in [6, 6.07) is 4.54. The Hall–Kier alpha value is -0.590. The van der Waals surface area contributed by atoms with Crippen LogP contribution in [0.3, 0.4) is 0 Å². The molecule has 6 heteroatoms. The van der Waals surface area contributed by atoms with Gasteiger partial charge in [0.2, 0.25) is 10.0 Å². The normalized spacial score (nSPS) is 13.6. The Morgan fingerprint density at radius 1 is 1.47 bits per heavy atom. The van der Waals surface area contributed by atoms with Gasteiger partial charge in [-0.3, -0.25) is 0 Å². The fraction of sp³-hybridized carbons (Fsp3) is 0.455. The summed E-state index contributed by atoms with van der Waals surface area (Å²) >= 11 is 3.23. The van der Waals surface area contributed by atoms with Crippen LogP contribution < -0.4 is 10.5 Å². The minimum atomic E-state index is -3.47. The van der Waals surface area contributed by atoms with Crippen molar-refractivity contribution < 1.29 is 8.42 Å². The Labute approximate surface area is 111 Å². The predicted molar refractivity (Wildman–Crippen MR) is 73.2 cm³/mol. The van der Waals surface area contributed by atoms with E-state index in [9.17, 15) is 8.42 Å². The van der Waals surface area contributed by atoms with Crippen LogP contribution >= 0.6 is 15.9 Å². The van der Waals surface area contributed by atoms with Crippen molar-refractivity contribution >= 4 is 31.6 Å². The molecule has 96 valence electrons. The number of nitrogens with one attached hydrogen (secondary N) is 1. The van der Waals surface area contributed by atoms with Crippen molar-refractivity contribution in [3.05, 3.63) is 22.7 Å². The molecular formula is C11H17BrN2O2S. The van der Waals surface area contributed by atoms with Crippen molar-refractivity contribution in [1.82, 2.24) is 4.72 Å². The van der Waals surface area contributed by atoms with E-state index >= 15 is 0 Å². The zero-order valence-corrected chi connectivity index (χ0v) is 12.3. The predicted octanol–water partition coefficient (Wildman–Crippen LogP) is 2.50. The minimum Gasteiger partial charge on any atom is -0.398 e. The van der Waals surface area contributed by atoms with Crippen molar-refractivity contribution in [1.29, 1.82) is 0 Å². The summed E-state index contributed by atoms with van der Waals surface area (Å²) in [6.07, 6.45) is 1.75. The van der Waals surface area contributed by atoms with Crippen molar-refractivity contribution in [2.24, 2.45) is 0 Å². The summed E-state index contributed by atoms with van der Waals surface area (Å²) in [5.74, 6) is 0. The van der Waals surface area contributed by atoms with Gasteiger partial charge in [-0.25, -0.2) is 13.1 Å². The largest absolute Gasteiger partial charge is 0.398 e. The summed E-state index contributed by atoms with van der Waals surface area (Å²) in [4.78, 5) is 0.196. The lowest BCUT2D eigenvalue weighted by Gasteiger charge is -2.13. The van der Waals surface area contributed by atoms with Gasteiger partial charge in [0.25, 0.3) is 0 Å². The fourth-order valence-electron chi connectivity index (χ4n) is 1.51. The lowest BCUT2D eigenvalue weighted by atomic mass is 10.2.